The zero-order valence-electron chi connectivity index (χ0n) is 8.22. The first kappa shape index (κ1) is 9.81. The average molecular weight is 212 g/mol. The van der Waals surface area contributed by atoms with Gasteiger partial charge in [-0.3, -0.25) is 0 Å². The van der Waals surface area contributed by atoms with Gasteiger partial charge in [0.2, 0.25) is 0 Å². The van der Waals surface area contributed by atoms with E-state index in [0.717, 1.165) is 17.3 Å². The van der Waals surface area contributed by atoms with Crippen LogP contribution in [-0.4, -0.2) is 13.7 Å². The Kier molecular flexibility index (Phi) is 2.94. The minimum absolute atomic E-state index is 0.433. The Morgan fingerprint density at radius 2 is 2.36 bits per heavy atom. The maximum absolute atomic E-state index is 5.90. The standard InChI is InChI=1S/C11H14ClNO/c1-14-11-7-8(12)4-5-9(11)10-3-2-6-13-10/h4-5,7,10,13H,2-3,6H2,1H3/t10-/m1/s1. The van der Waals surface area contributed by atoms with Crippen LogP contribution in [0.1, 0.15) is 24.4 Å². The van der Waals surface area contributed by atoms with Crippen LogP contribution in [0.5, 0.6) is 5.75 Å². The van der Waals surface area contributed by atoms with Gasteiger partial charge < -0.3 is 10.1 Å². The number of rotatable bonds is 2. The van der Waals surface area contributed by atoms with E-state index in [1.54, 1.807) is 7.11 Å². The van der Waals surface area contributed by atoms with Gasteiger partial charge in [-0.05, 0) is 31.5 Å². The van der Waals surface area contributed by atoms with E-state index in [-0.39, 0.29) is 0 Å². The van der Waals surface area contributed by atoms with E-state index in [2.05, 4.69) is 5.32 Å². The molecule has 1 N–H and O–H groups in total. The number of benzene rings is 1. The zero-order valence-corrected chi connectivity index (χ0v) is 8.97. The van der Waals surface area contributed by atoms with Crippen molar-refractivity contribution in [3.05, 3.63) is 28.8 Å². The summed E-state index contributed by atoms with van der Waals surface area (Å²) in [6.07, 6.45) is 2.41. The van der Waals surface area contributed by atoms with Gasteiger partial charge in [-0.1, -0.05) is 17.7 Å². The van der Waals surface area contributed by atoms with Crippen molar-refractivity contribution in [2.75, 3.05) is 13.7 Å². The first-order valence-electron chi connectivity index (χ1n) is 4.88. The van der Waals surface area contributed by atoms with Gasteiger partial charge in [-0.2, -0.15) is 0 Å². The van der Waals surface area contributed by atoms with Gasteiger partial charge in [-0.15, -0.1) is 0 Å². The zero-order chi connectivity index (χ0) is 9.97. The van der Waals surface area contributed by atoms with E-state index in [4.69, 9.17) is 16.3 Å². The predicted octanol–water partition coefficient (Wildman–Crippen LogP) is 2.77. The third kappa shape index (κ3) is 1.86. The molecule has 0 unspecified atom stereocenters. The Morgan fingerprint density at radius 1 is 1.50 bits per heavy atom. The van der Waals surface area contributed by atoms with Gasteiger partial charge >= 0.3 is 0 Å². The number of halogens is 1. The molecule has 0 radical (unpaired) electrons. The average Bonchev–Trinajstić information content (AvgIpc) is 2.70. The second kappa shape index (κ2) is 4.20. The van der Waals surface area contributed by atoms with Crippen molar-refractivity contribution in [1.29, 1.82) is 0 Å². The summed E-state index contributed by atoms with van der Waals surface area (Å²) in [4.78, 5) is 0. The van der Waals surface area contributed by atoms with Crippen LogP contribution < -0.4 is 10.1 Å². The molecule has 2 rings (SSSR count). The van der Waals surface area contributed by atoms with Crippen molar-refractivity contribution >= 4 is 11.6 Å². The van der Waals surface area contributed by atoms with E-state index in [9.17, 15) is 0 Å². The van der Waals surface area contributed by atoms with Crippen LogP contribution in [0.25, 0.3) is 0 Å². The summed E-state index contributed by atoms with van der Waals surface area (Å²) in [7, 11) is 1.68. The number of ether oxygens (including phenoxy) is 1. The highest BCUT2D eigenvalue weighted by molar-refractivity contribution is 6.30. The fraction of sp³-hybridized carbons (Fsp3) is 0.455. The topological polar surface area (TPSA) is 21.3 Å². The molecular weight excluding hydrogens is 198 g/mol. The van der Waals surface area contributed by atoms with Crippen molar-refractivity contribution in [2.45, 2.75) is 18.9 Å². The van der Waals surface area contributed by atoms with Gasteiger partial charge in [0.1, 0.15) is 5.75 Å². The van der Waals surface area contributed by atoms with Crippen molar-refractivity contribution < 1.29 is 4.74 Å². The second-order valence-corrected chi connectivity index (χ2v) is 3.97. The van der Waals surface area contributed by atoms with Crippen molar-refractivity contribution in [3.63, 3.8) is 0 Å². The molecule has 0 aromatic heterocycles. The fourth-order valence-electron chi connectivity index (χ4n) is 1.92. The van der Waals surface area contributed by atoms with Crippen LogP contribution in [-0.2, 0) is 0 Å². The number of nitrogens with one attached hydrogen (secondary N) is 1. The second-order valence-electron chi connectivity index (χ2n) is 3.54. The molecule has 0 saturated carbocycles. The monoisotopic (exact) mass is 211 g/mol. The number of methoxy groups -OCH3 is 1. The number of hydrogen-bond acceptors (Lipinski definition) is 2. The predicted molar refractivity (Wildman–Crippen MR) is 58.0 cm³/mol. The molecule has 0 amide bonds. The highest BCUT2D eigenvalue weighted by atomic mass is 35.5. The molecule has 1 atom stereocenters. The molecule has 1 aliphatic rings. The first-order chi connectivity index (χ1) is 6.81. The molecule has 1 fully saturated rings. The summed E-state index contributed by atoms with van der Waals surface area (Å²) < 4.78 is 5.31. The lowest BCUT2D eigenvalue weighted by molar-refractivity contribution is 0.403. The molecule has 0 spiro atoms. The van der Waals surface area contributed by atoms with Crippen LogP contribution in [0, 0.1) is 0 Å². The molecule has 2 nitrogen and oxygen atoms in total. The Balaban J connectivity index is 2.31. The summed E-state index contributed by atoms with van der Waals surface area (Å²) in [6.45, 7) is 1.09. The summed E-state index contributed by atoms with van der Waals surface area (Å²) in [5.74, 6) is 0.886. The van der Waals surface area contributed by atoms with Crippen LogP contribution >= 0.6 is 11.6 Å². The molecule has 1 aromatic rings. The molecule has 14 heavy (non-hydrogen) atoms. The fourth-order valence-corrected chi connectivity index (χ4v) is 2.08. The largest absolute Gasteiger partial charge is 0.496 e. The van der Waals surface area contributed by atoms with E-state index >= 15 is 0 Å². The molecule has 0 aliphatic carbocycles. The maximum Gasteiger partial charge on any atom is 0.125 e. The van der Waals surface area contributed by atoms with E-state index in [0.29, 0.717) is 6.04 Å². The molecular formula is C11H14ClNO. The third-order valence-electron chi connectivity index (χ3n) is 2.63. The highest BCUT2D eigenvalue weighted by Crippen LogP contribution is 2.32. The molecule has 1 aliphatic heterocycles. The van der Waals surface area contributed by atoms with Crippen LogP contribution in [0.2, 0.25) is 5.02 Å². The molecule has 1 saturated heterocycles. The van der Waals surface area contributed by atoms with Gasteiger partial charge in [0.05, 0.1) is 7.11 Å². The van der Waals surface area contributed by atoms with Gasteiger partial charge in [0, 0.05) is 16.6 Å². The summed E-state index contributed by atoms with van der Waals surface area (Å²) in [6, 6.07) is 6.27. The molecule has 3 heteroatoms. The lowest BCUT2D eigenvalue weighted by atomic mass is 10.0. The van der Waals surface area contributed by atoms with Gasteiger partial charge in [0.25, 0.3) is 0 Å². The van der Waals surface area contributed by atoms with Crippen LogP contribution in [0.3, 0.4) is 0 Å². The molecule has 1 aromatic carbocycles. The third-order valence-corrected chi connectivity index (χ3v) is 2.87. The van der Waals surface area contributed by atoms with Gasteiger partial charge in [0.15, 0.2) is 0 Å². The van der Waals surface area contributed by atoms with Gasteiger partial charge in [-0.25, -0.2) is 0 Å². The quantitative estimate of drug-likeness (QED) is 0.813. The normalized spacial score (nSPS) is 21.1. The van der Waals surface area contributed by atoms with E-state index in [1.807, 2.05) is 18.2 Å². The molecule has 76 valence electrons. The first-order valence-corrected chi connectivity index (χ1v) is 5.26. The van der Waals surface area contributed by atoms with Crippen LogP contribution in [0.15, 0.2) is 18.2 Å². The smallest absolute Gasteiger partial charge is 0.125 e. The Morgan fingerprint density at radius 3 is 3.00 bits per heavy atom. The minimum Gasteiger partial charge on any atom is -0.496 e. The Bertz CT molecular complexity index is 321. The van der Waals surface area contributed by atoms with E-state index in [1.165, 1.54) is 18.4 Å². The maximum atomic E-state index is 5.90. The SMILES string of the molecule is COc1cc(Cl)ccc1[C@H]1CCCN1. The van der Waals surface area contributed by atoms with E-state index < -0.39 is 0 Å². The lowest BCUT2D eigenvalue weighted by Crippen LogP contribution is -2.13. The Hall–Kier alpha value is -0.730. The molecule has 1 heterocycles. The van der Waals surface area contributed by atoms with Crippen molar-refractivity contribution in [3.8, 4) is 5.75 Å². The van der Waals surface area contributed by atoms with Crippen LogP contribution in [0.4, 0.5) is 0 Å². The number of hydrogen-bond donors (Lipinski definition) is 1. The van der Waals surface area contributed by atoms with Crippen molar-refractivity contribution in [1.82, 2.24) is 5.32 Å². The Labute approximate surface area is 89.2 Å². The molecule has 0 bridgehead atoms. The minimum atomic E-state index is 0.433. The van der Waals surface area contributed by atoms with Crippen molar-refractivity contribution in [2.24, 2.45) is 0 Å². The summed E-state index contributed by atoms with van der Waals surface area (Å²) in [5, 5.41) is 4.17. The summed E-state index contributed by atoms with van der Waals surface area (Å²) in [5.41, 5.74) is 1.22. The lowest BCUT2D eigenvalue weighted by Gasteiger charge is -2.14. The summed E-state index contributed by atoms with van der Waals surface area (Å²) >= 11 is 5.90. The highest BCUT2D eigenvalue weighted by Gasteiger charge is 2.19.